The molecule has 4 rings (SSSR count). The number of aryl methyl sites for hydroxylation is 1. The zero-order valence-electron chi connectivity index (χ0n) is 15.3. The van der Waals surface area contributed by atoms with Gasteiger partial charge in [0, 0.05) is 34.2 Å². The molecule has 0 saturated heterocycles. The SMILES string of the molecule is COC(=O)/C=C/C1N=C(c2ccccn2)c2cc(Br)ccc2-n2c(C)cnc21. The molecule has 0 fully saturated rings. The molecule has 28 heavy (non-hydrogen) atoms. The standard InChI is InChI=1S/C21H17BrN4O2/c1-13-12-24-21-17(7-9-19(27)28-2)25-20(16-5-3-4-10-23-16)15-11-14(22)6-8-18(15)26(13)21/h3-12,17H,1-2H3/b9-7+. The summed E-state index contributed by atoms with van der Waals surface area (Å²) >= 11 is 3.56. The van der Waals surface area contributed by atoms with Crippen LogP contribution in [0.15, 0.2) is 70.4 Å². The fourth-order valence-electron chi connectivity index (χ4n) is 3.21. The van der Waals surface area contributed by atoms with Gasteiger partial charge in [-0.2, -0.15) is 0 Å². The summed E-state index contributed by atoms with van der Waals surface area (Å²) in [5.74, 6) is 0.293. The zero-order valence-corrected chi connectivity index (χ0v) is 16.9. The molecule has 0 amide bonds. The third-order valence-corrected chi connectivity index (χ3v) is 4.97. The van der Waals surface area contributed by atoms with E-state index in [0.717, 1.165) is 38.6 Å². The Balaban J connectivity index is 1.99. The second kappa shape index (κ2) is 7.52. The summed E-state index contributed by atoms with van der Waals surface area (Å²) < 4.78 is 7.74. The van der Waals surface area contributed by atoms with E-state index in [1.165, 1.54) is 13.2 Å². The molecule has 1 atom stereocenters. The van der Waals surface area contributed by atoms with E-state index >= 15 is 0 Å². The lowest BCUT2D eigenvalue weighted by atomic mass is 10.0. The molecule has 0 radical (unpaired) electrons. The van der Waals surface area contributed by atoms with Crippen LogP contribution in [0, 0.1) is 6.92 Å². The summed E-state index contributed by atoms with van der Waals surface area (Å²) in [6, 6.07) is 11.3. The van der Waals surface area contributed by atoms with E-state index in [2.05, 4.69) is 30.5 Å². The molecule has 2 aromatic heterocycles. The van der Waals surface area contributed by atoms with E-state index in [4.69, 9.17) is 9.73 Å². The van der Waals surface area contributed by atoms with Crippen molar-refractivity contribution in [1.82, 2.24) is 14.5 Å². The Bertz CT molecular complexity index is 1100. The number of pyridine rings is 1. The molecule has 3 aromatic rings. The Morgan fingerprint density at radius 2 is 2.11 bits per heavy atom. The van der Waals surface area contributed by atoms with Crippen molar-refractivity contribution in [3.05, 3.63) is 88.2 Å². The molecule has 1 aliphatic heterocycles. The topological polar surface area (TPSA) is 69.4 Å². The number of rotatable bonds is 3. The number of carbonyl (C=O) groups excluding carboxylic acids is 1. The number of aromatic nitrogens is 3. The molecule has 7 heteroatoms. The second-order valence-electron chi connectivity index (χ2n) is 6.27. The third kappa shape index (κ3) is 3.29. The Labute approximate surface area is 170 Å². The van der Waals surface area contributed by atoms with E-state index in [0.29, 0.717) is 0 Å². The number of hydrogen-bond donors (Lipinski definition) is 0. The maximum Gasteiger partial charge on any atom is 0.330 e. The van der Waals surface area contributed by atoms with Gasteiger partial charge < -0.3 is 4.74 Å². The van der Waals surface area contributed by atoms with Crippen molar-refractivity contribution in [2.75, 3.05) is 7.11 Å². The number of esters is 1. The van der Waals surface area contributed by atoms with Gasteiger partial charge in [-0.15, -0.1) is 0 Å². The number of nitrogens with zero attached hydrogens (tertiary/aromatic N) is 4. The number of halogens is 1. The van der Waals surface area contributed by atoms with Crippen LogP contribution in [0.25, 0.3) is 5.69 Å². The Hall–Kier alpha value is -3.06. The lowest BCUT2D eigenvalue weighted by molar-refractivity contribution is -0.134. The van der Waals surface area contributed by atoms with Crippen LogP contribution in [-0.2, 0) is 9.53 Å². The number of benzene rings is 1. The van der Waals surface area contributed by atoms with Crippen LogP contribution in [0.2, 0.25) is 0 Å². The van der Waals surface area contributed by atoms with Gasteiger partial charge in [0.05, 0.1) is 24.2 Å². The quantitative estimate of drug-likeness (QED) is 0.460. The van der Waals surface area contributed by atoms with Crippen LogP contribution < -0.4 is 0 Å². The second-order valence-corrected chi connectivity index (χ2v) is 7.19. The van der Waals surface area contributed by atoms with Crippen LogP contribution in [0.4, 0.5) is 0 Å². The number of ether oxygens (including phenoxy) is 1. The molecule has 0 bridgehead atoms. The van der Waals surface area contributed by atoms with Crippen molar-refractivity contribution in [2.45, 2.75) is 13.0 Å². The lowest BCUT2D eigenvalue weighted by Gasteiger charge is -2.13. The number of aliphatic imine (C=N–C) groups is 1. The van der Waals surface area contributed by atoms with Gasteiger partial charge in [-0.25, -0.2) is 9.78 Å². The van der Waals surface area contributed by atoms with Gasteiger partial charge in [0.15, 0.2) is 0 Å². The van der Waals surface area contributed by atoms with Crippen molar-refractivity contribution < 1.29 is 9.53 Å². The summed E-state index contributed by atoms with van der Waals surface area (Å²) in [4.78, 5) is 25.7. The largest absolute Gasteiger partial charge is 0.466 e. The molecule has 1 unspecified atom stereocenters. The normalized spacial score (nSPS) is 15.5. The number of methoxy groups -OCH3 is 1. The summed E-state index contributed by atoms with van der Waals surface area (Å²) in [6.07, 6.45) is 6.63. The highest BCUT2D eigenvalue weighted by Gasteiger charge is 2.26. The molecule has 1 aliphatic rings. The van der Waals surface area contributed by atoms with Gasteiger partial charge in [-0.05, 0) is 43.3 Å². The van der Waals surface area contributed by atoms with E-state index in [1.807, 2.05) is 43.3 Å². The maximum absolute atomic E-state index is 11.7. The van der Waals surface area contributed by atoms with Gasteiger partial charge in [-0.3, -0.25) is 14.5 Å². The summed E-state index contributed by atoms with van der Waals surface area (Å²) in [5.41, 5.74) is 4.37. The number of hydrogen-bond acceptors (Lipinski definition) is 5. The summed E-state index contributed by atoms with van der Waals surface area (Å²) in [6.45, 7) is 2.00. The summed E-state index contributed by atoms with van der Waals surface area (Å²) in [5, 5.41) is 0. The molecular formula is C21H17BrN4O2. The van der Waals surface area contributed by atoms with E-state index in [9.17, 15) is 4.79 Å². The average Bonchev–Trinajstić information content (AvgIpc) is 3.03. The highest BCUT2D eigenvalue weighted by Crippen LogP contribution is 2.33. The zero-order chi connectivity index (χ0) is 19.7. The molecule has 140 valence electrons. The Morgan fingerprint density at radius 3 is 2.86 bits per heavy atom. The third-order valence-electron chi connectivity index (χ3n) is 4.48. The number of fused-ring (bicyclic) bond motifs is 3. The monoisotopic (exact) mass is 436 g/mol. The van der Waals surface area contributed by atoms with Crippen LogP contribution in [0.3, 0.4) is 0 Å². The molecule has 3 heterocycles. The molecule has 0 N–H and O–H groups in total. The first-order chi connectivity index (χ1) is 13.6. The van der Waals surface area contributed by atoms with Gasteiger partial charge in [0.25, 0.3) is 0 Å². The predicted octanol–water partition coefficient (Wildman–Crippen LogP) is 3.96. The fraction of sp³-hybridized carbons (Fsp3) is 0.143. The maximum atomic E-state index is 11.7. The predicted molar refractivity (Wildman–Crippen MR) is 110 cm³/mol. The molecule has 0 saturated carbocycles. The molecular weight excluding hydrogens is 420 g/mol. The van der Waals surface area contributed by atoms with Crippen LogP contribution >= 0.6 is 15.9 Å². The Morgan fingerprint density at radius 1 is 1.25 bits per heavy atom. The van der Waals surface area contributed by atoms with Gasteiger partial charge in [0.1, 0.15) is 11.9 Å². The van der Waals surface area contributed by atoms with Crippen molar-refractivity contribution in [2.24, 2.45) is 4.99 Å². The summed E-state index contributed by atoms with van der Waals surface area (Å²) in [7, 11) is 1.35. The number of carbonyl (C=O) groups is 1. The van der Waals surface area contributed by atoms with Gasteiger partial charge in [-0.1, -0.05) is 22.0 Å². The minimum Gasteiger partial charge on any atom is -0.466 e. The minimum atomic E-state index is -0.462. The van der Waals surface area contributed by atoms with Crippen molar-refractivity contribution in [3.63, 3.8) is 0 Å². The Kier molecular flexibility index (Phi) is 4.92. The highest BCUT2D eigenvalue weighted by atomic mass is 79.9. The first kappa shape index (κ1) is 18.3. The number of imidazole rings is 1. The van der Waals surface area contributed by atoms with Crippen molar-refractivity contribution in [1.29, 1.82) is 0 Å². The van der Waals surface area contributed by atoms with E-state index in [1.54, 1.807) is 18.5 Å². The first-order valence-electron chi connectivity index (χ1n) is 8.68. The van der Waals surface area contributed by atoms with Crippen molar-refractivity contribution >= 4 is 27.6 Å². The van der Waals surface area contributed by atoms with Gasteiger partial charge >= 0.3 is 5.97 Å². The lowest BCUT2D eigenvalue weighted by Crippen LogP contribution is -2.09. The highest BCUT2D eigenvalue weighted by molar-refractivity contribution is 9.10. The molecule has 0 aliphatic carbocycles. The van der Waals surface area contributed by atoms with Crippen LogP contribution in [0.1, 0.15) is 28.8 Å². The van der Waals surface area contributed by atoms with E-state index in [-0.39, 0.29) is 0 Å². The molecule has 0 spiro atoms. The minimum absolute atomic E-state index is 0.436. The first-order valence-corrected chi connectivity index (χ1v) is 9.47. The van der Waals surface area contributed by atoms with Crippen molar-refractivity contribution in [3.8, 4) is 5.69 Å². The fourth-order valence-corrected chi connectivity index (χ4v) is 3.57. The average molecular weight is 437 g/mol. The van der Waals surface area contributed by atoms with E-state index < -0.39 is 12.0 Å². The smallest absolute Gasteiger partial charge is 0.330 e. The molecule has 6 nitrogen and oxygen atoms in total. The van der Waals surface area contributed by atoms with Crippen LogP contribution in [-0.4, -0.2) is 33.3 Å². The molecule has 1 aromatic carbocycles. The van der Waals surface area contributed by atoms with Crippen LogP contribution in [0.5, 0.6) is 0 Å². The van der Waals surface area contributed by atoms with Gasteiger partial charge in [0.2, 0.25) is 0 Å².